The summed E-state index contributed by atoms with van der Waals surface area (Å²) in [6, 6.07) is 16.6. The average molecular weight is 430 g/mol. The smallest absolute Gasteiger partial charge is 0.231 e. The molecule has 2 unspecified atom stereocenters. The molecule has 3 aromatic rings. The monoisotopic (exact) mass is 429 g/mol. The van der Waals surface area contributed by atoms with Gasteiger partial charge < -0.3 is 19.5 Å². The van der Waals surface area contributed by atoms with Crippen molar-refractivity contribution >= 4 is 40.4 Å². The lowest BCUT2D eigenvalue weighted by Gasteiger charge is -2.30. The summed E-state index contributed by atoms with van der Waals surface area (Å²) >= 11 is 9.64. The van der Waals surface area contributed by atoms with Crippen LogP contribution in [0.25, 0.3) is 0 Å². The van der Waals surface area contributed by atoms with Crippen molar-refractivity contribution in [3.8, 4) is 17.2 Å². The van der Waals surface area contributed by atoms with Crippen molar-refractivity contribution in [3.63, 3.8) is 0 Å². The molecule has 1 N–H and O–H groups in total. The first kappa shape index (κ1) is 16.9. The summed E-state index contributed by atoms with van der Waals surface area (Å²) in [5, 5.41) is 3.88. The maximum Gasteiger partial charge on any atom is 0.231 e. The van der Waals surface area contributed by atoms with Crippen molar-refractivity contribution < 1.29 is 14.2 Å². The number of para-hydroxylation sites is 1. The molecule has 3 aliphatic heterocycles. The van der Waals surface area contributed by atoms with Gasteiger partial charge in [-0.1, -0.05) is 29.8 Å². The second kappa shape index (κ2) is 6.24. The zero-order valence-electron chi connectivity index (χ0n) is 14.7. The largest absolute Gasteiger partial charge is 0.492 e. The number of hydrogen-bond acceptors (Lipinski definition) is 6. The van der Waals surface area contributed by atoms with Crippen molar-refractivity contribution in [1.29, 1.82) is 0 Å². The van der Waals surface area contributed by atoms with Crippen molar-refractivity contribution in [2.24, 2.45) is 0 Å². The summed E-state index contributed by atoms with van der Waals surface area (Å²) in [5.74, 6) is 3.33. The van der Waals surface area contributed by atoms with Gasteiger partial charge in [-0.25, -0.2) is 0 Å². The lowest BCUT2D eigenvalue weighted by atomic mass is 9.77. The second-order valence-corrected chi connectivity index (χ2v) is 9.94. The Morgan fingerprint density at radius 1 is 1.04 bits per heavy atom. The molecule has 2 atom stereocenters. The van der Waals surface area contributed by atoms with Gasteiger partial charge >= 0.3 is 0 Å². The standard InChI is InChI=1S/C21H16ClNO3S2/c22-19-6-5-12(28-19)9-27-20-21(13-3-1-2-4-15(13)23-20)10-24-16-8-18-17(7-14(16)21)25-11-26-18/h1-8,20,23H,9-11H2. The SMILES string of the molecule is Clc1ccc(CSC2Nc3ccccc3C23COc2cc4c(cc23)OCO4)s1. The number of hydrogen-bond donors (Lipinski definition) is 1. The Morgan fingerprint density at radius 3 is 2.75 bits per heavy atom. The fraction of sp³-hybridized carbons (Fsp3) is 0.238. The molecule has 2 aromatic carbocycles. The minimum Gasteiger partial charge on any atom is -0.492 e. The second-order valence-electron chi connectivity index (χ2n) is 7.05. The van der Waals surface area contributed by atoms with Gasteiger partial charge in [-0.2, -0.15) is 0 Å². The Morgan fingerprint density at radius 2 is 1.89 bits per heavy atom. The minimum absolute atomic E-state index is 0.146. The van der Waals surface area contributed by atoms with Gasteiger partial charge in [0.1, 0.15) is 12.4 Å². The lowest BCUT2D eigenvalue weighted by molar-refractivity contribution is 0.173. The van der Waals surface area contributed by atoms with Crippen molar-refractivity contribution in [3.05, 3.63) is 68.9 Å². The molecule has 0 bridgehead atoms. The Labute approximate surface area is 175 Å². The first-order valence-corrected chi connectivity index (χ1v) is 11.3. The van der Waals surface area contributed by atoms with Crippen molar-refractivity contribution in [1.82, 2.24) is 0 Å². The predicted molar refractivity (Wildman–Crippen MR) is 113 cm³/mol. The predicted octanol–water partition coefficient (Wildman–Crippen LogP) is 5.49. The highest BCUT2D eigenvalue weighted by atomic mass is 35.5. The van der Waals surface area contributed by atoms with Gasteiger partial charge in [-0.3, -0.25) is 0 Å². The van der Waals surface area contributed by atoms with E-state index in [9.17, 15) is 0 Å². The number of benzene rings is 2. The number of anilines is 1. The molecule has 4 nitrogen and oxygen atoms in total. The van der Waals surface area contributed by atoms with Crippen LogP contribution in [0, 0.1) is 0 Å². The Balaban J connectivity index is 1.44. The van der Waals surface area contributed by atoms with Gasteiger partial charge in [-0.05, 0) is 29.8 Å². The first-order valence-electron chi connectivity index (χ1n) is 9.03. The molecule has 4 heterocycles. The summed E-state index contributed by atoms with van der Waals surface area (Å²) in [5.41, 5.74) is 3.34. The molecule has 1 aromatic heterocycles. The van der Waals surface area contributed by atoms with E-state index in [0.29, 0.717) is 6.61 Å². The van der Waals surface area contributed by atoms with Crippen LogP contribution >= 0.6 is 34.7 Å². The molecule has 142 valence electrons. The molecule has 0 saturated heterocycles. The van der Waals surface area contributed by atoms with Gasteiger partial charge in [-0.15, -0.1) is 23.1 Å². The van der Waals surface area contributed by atoms with Crippen molar-refractivity contribution in [2.45, 2.75) is 16.5 Å². The molecule has 0 aliphatic carbocycles. The van der Waals surface area contributed by atoms with Crippen LogP contribution in [0.5, 0.6) is 17.2 Å². The summed E-state index contributed by atoms with van der Waals surface area (Å²) in [7, 11) is 0. The van der Waals surface area contributed by atoms with E-state index in [-0.39, 0.29) is 17.6 Å². The first-order chi connectivity index (χ1) is 13.7. The number of nitrogens with one attached hydrogen (secondary N) is 1. The topological polar surface area (TPSA) is 39.7 Å². The highest BCUT2D eigenvalue weighted by Crippen LogP contribution is 2.57. The van der Waals surface area contributed by atoms with Crippen molar-refractivity contribution in [2.75, 3.05) is 18.7 Å². The van der Waals surface area contributed by atoms with Crippen LogP contribution in [0.15, 0.2) is 48.5 Å². The summed E-state index contributed by atoms with van der Waals surface area (Å²) in [6.07, 6.45) is 0. The number of fused-ring (bicyclic) bond motifs is 5. The van der Waals surface area contributed by atoms with E-state index in [1.807, 2.05) is 23.9 Å². The van der Waals surface area contributed by atoms with Crippen LogP contribution in [0.2, 0.25) is 4.34 Å². The number of thioether (sulfide) groups is 1. The molecule has 1 spiro atoms. The molecule has 28 heavy (non-hydrogen) atoms. The molecular formula is C21H16ClNO3S2. The third kappa shape index (κ3) is 2.38. The van der Waals surface area contributed by atoms with Gasteiger partial charge in [0.05, 0.1) is 15.1 Å². The molecule has 0 saturated carbocycles. The fourth-order valence-corrected chi connectivity index (χ4v) is 6.85. The van der Waals surface area contributed by atoms with E-state index in [0.717, 1.165) is 32.9 Å². The van der Waals surface area contributed by atoms with Gasteiger partial charge in [0.15, 0.2) is 11.5 Å². The van der Waals surface area contributed by atoms with E-state index >= 15 is 0 Å². The van der Waals surface area contributed by atoms with Gasteiger partial charge in [0.2, 0.25) is 6.79 Å². The van der Waals surface area contributed by atoms with Gasteiger partial charge in [0.25, 0.3) is 0 Å². The molecule has 0 amide bonds. The number of rotatable bonds is 3. The normalized spacial score (nSPS) is 23.4. The van der Waals surface area contributed by atoms with Crippen LogP contribution in [0.4, 0.5) is 5.69 Å². The lowest BCUT2D eigenvalue weighted by Crippen LogP contribution is -2.39. The zero-order valence-corrected chi connectivity index (χ0v) is 17.1. The minimum atomic E-state index is -0.265. The quantitative estimate of drug-likeness (QED) is 0.595. The number of ether oxygens (including phenoxy) is 3. The highest BCUT2D eigenvalue weighted by molar-refractivity contribution is 7.99. The summed E-state index contributed by atoms with van der Waals surface area (Å²) < 4.78 is 18.2. The van der Waals surface area contributed by atoms with Crippen LogP contribution < -0.4 is 19.5 Å². The van der Waals surface area contributed by atoms with Crippen LogP contribution in [0.3, 0.4) is 0 Å². The molecule has 6 rings (SSSR count). The molecule has 0 radical (unpaired) electrons. The maximum absolute atomic E-state index is 6.20. The third-order valence-electron chi connectivity index (χ3n) is 5.57. The van der Waals surface area contributed by atoms with E-state index in [2.05, 4.69) is 41.7 Å². The van der Waals surface area contributed by atoms with E-state index in [4.69, 9.17) is 25.8 Å². The highest BCUT2D eigenvalue weighted by Gasteiger charge is 2.54. The van der Waals surface area contributed by atoms with Crippen LogP contribution in [0.1, 0.15) is 16.0 Å². The van der Waals surface area contributed by atoms with Crippen LogP contribution in [-0.4, -0.2) is 18.8 Å². The molecule has 7 heteroatoms. The third-order valence-corrected chi connectivity index (χ3v) is 8.32. The number of halogens is 1. The van der Waals surface area contributed by atoms with E-state index in [1.165, 1.54) is 16.1 Å². The molecule has 0 fully saturated rings. The molecular weight excluding hydrogens is 414 g/mol. The average Bonchev–Trinajstić information content (AvgIpc) is 3.47. The summed E-state index contributed by atoms with van der Waals surface area (Å²) in [6.45, 7) is 0.857. The van der Waals surface area contributed by atoms with E-state index < -0.39 is 0 Å². The zero-order chi connectivity index (χ0) is 18.7. The van der Waals surface area contributed by atoms with Gasteiger partial charge in [0, 0.05) is 27.9 Å². The Hall–Kier alpha value is -2.02. The fourth-order valence-electron chi connectivity index (χ4n) is 4.28. The Bertz CT molecular complexity index is 1090. The van der Waals surface area contributed by atoms with Crippen LogP contribution in [-0.2, 0) is 11.2 Å². The number of thiophene rings is 1. The summed E-state index contributed by atoms with van der Waals surface area (Å²) in [4.78, 5) is 1.27. The van der Waals surface area contributed by atoms with E-state index in [1.54, 1.807) is 11.3 Å². The Kier molecular flexibility index (Phi) is 3.76. The molecule has 3 aliphatic rings. The maximum atomic E-state index is 6.20.